The van der Waals surface area contributed by atoms with E-state index in [-0.39, 0.29) is 23.6 Å². The predicted molar refractivity (Wildman–Crippen MR) is 117 cm³/mol. The van der Waals surface area contributed by atoms with Gasteiger partial charge >= 0.3 is 5.97 Å². The van der Waals surface area contributed by atoms with Crippen LogP contribution in [0.1, 0.15) is 15.9 Å². The van der Waals surface area contributed by atoms with Crippen LogP contribution < -0.4 is 14.9 Å². The number of nitrogens with zero attached hydrogens (tertiary/aromatic N) is 2. The Labute approximate surface area is 187 Å². The first kappa shape index (κ1) is 22.4. The standard InChI is InChI=1S/C22H16ClN3O6/c23-17-4-2-5-19(12-17)31-14-21(27)25-24-13-15-3-1-6-20(11-15)32-22(28)16-7-9-18(10-8-16)26(29)30/h1-13H,14H2,(H,25,27). The summed E-state index contributed by atoms with van der Waals surface area (Å²) in [4.78, 5) is 34.2. The molecule has 0 aromatic heterocycles. The summed E-state index contributed by atoms with van der Waals surface area (Å²) in [6, 6.07) is 18.2. The zero-order valence-electron chi connectivity index (χ0n) is 16.4. The Morgan fingerprint density at radius 1 is 1.03 bits per heavy atom. The average molecular weight is 454 g/mol. The molecule has 0 aliphatic heterocycles. The number of halogens is 1. The molecule has 32 heavy (non-hydrogen) atoms. The van der Waals surface area contributed by atoms with Crippen LogP contribution in [-0.2, 0) is 4.79 Å². The Hall–Kier alpha value is -4.24. The van der Waals surface area contributed by atoms with E-state index < -0.39 is 16.8 Å². The molecule has 0 aliphatic carbocycles. The maximum Gasteiger partial charge on any atom is 0.343 e. The maximum absolute atomic E-state index is 12.2. The molecule has 1 amide bonds. The minimum atomic E-state index is -0.666. The third-order valence-corrected chi connectivity index (χ3v) is 4.19. The van der Waals surface area contributed by atoms with Gasteiger partial charge in [0.15, 0.2) is 6.61 Å². The fourth-order valence-corrected chi connectivity index (χ4v) is 2.64. The fraction of sp³-hybridized carbons (Fsp3) is 0.0455. The number of non-ortho nitro benzene ring substituents is 1. The SMILES string of the molecule is O=C(COc1cccc(Cl)c1)NN=Cc1cccc(OC(=O)c2ccc([N+](=O)[O-])cc2)c1. The first-order valence-corrected chi connectivity index (χ1v) is 9.55. The molecule has 162 valence electrons. The lowest BCUT2D eigenvalue weighted by atomic mass is 10.2. The molecule has 0 aliphatic rings. The Kier molecular flexibility index (Phi) is 7.50. The Morgan fingerprint density at radius 3 is 2.47 bits per heavy atom. The van der Waals surface area contributed by atoms with Crippen molar-refractivity contribution in [3.8, 4) is 11.5 Å². The summed E-state index contributed by atoms with van der Waals surface area (Å²) >= 11 is 5.85. The van der Waals surface area contributed by atoms with E-state index in [2.05, 4.69) is 10.5 Å². The molecule has 3 aromatic carbocycles. The molecule has 0 fully saturated rings. The van der Waals surface area contributed by atoms with Crippen molar-refractivity contribution in [2.24, 2.45) is 5.10 Å². The summed E-state index contributed by atoms with van der Waals surface area (Å²) in [5.74, 6) is -0.436. The third kappa shape index (κ3) is 6.64. The fourth-order valence-electron chi connectivity index (χ4n) is 2.46. The van der Waals surface area contributed by atoms with Gasteiger partial charge in [-0.1, -0.05) is 29.8 Å². The van der Waals surface area contributed by atoms with Gasteiger partial charge in [0.1, 0.15) is 11.5 Å². The topological polar surface area (TPSA) is 120 Å². The number of amides is 1. The number of rotatable bonds is 8. The van der Waals surface area contributed by atoms with E-state index in [0.29, 0.717) is 16.3 Å². The van der Waals surface area contributed by atoms with Gasteiger partial charge in [-0.15, -0.1) is 0 Å². The average Bonchev–Trinajstić information content (AvgIpc) is 2.78. The molecule has 0 heterocycles. The number of ether oxygens (including phenoxy) is 2. The first-order chi connectivity index (χ1) is 15.4. The molecule has 0 unspecified atom stereocenters. The Morgan fingerprint density at radius 2 is 1.75 bits per heavy atom. The molecular weight excluding hydrogens is 438 g/mol. The van der Waals surface area contributed by atoms with Crippen molar-refractivity contribution < 1.29 is 24.0 Å². The second-order valence-corrected chi connectivity index (χ2v) is 6.74. The molecule has 1 N–H and O–H groups in total. The van der Waals surface area contributed by atoms with E-state index in [4.69, 9.17) is 21.1 Å². The Bertz CT molecular complexity index is 1160. The summed E-state index contributed by atoms with van der Waals surface area (Å²) in [6.45, 7) is -0.245. The normalized spacial score (nSPS) is 10.5. The van der Waals surface area contributed by atoms with E-state index >= 15 is 0 Å². The number of carbonyl (C=O) groups is 2. The van der Waals surface area contributed by atoms with Gasteiger partial charge in [-0.05, 0) is 48.0 Å². The molecule has 0 radical (unpaired) electrons. The van der Waals surface area contributed by atoms with Crippen LogP contribution in [-0.4, -0.2) is 29.6 Å². The summed E-state index contributed by atoms with van der Waals surface area (Å²) in [5.41, 5.74) is 2.93. The number of hydrazone groups is 1. The van der Waals surface area contributed by atoms with Gasteiger partial charge in [0.25, 0.3) is 11.6 Å². The van der Waals surface area contributed by atoms with E-state index in [9.17, 15) is 19.7 Å². The van der Waals surface area contributed by atoms with Crippen molar-refractivity contribution >= 4 is 35.4 Å². The highest BCUT2D eigenvalue weighted by Gasteiger charge is 2.11. The number of benzene rings is 3. The zero-order valence-corrected chi connectivity index (χ0v) is 17.2. The summed E-state index contributed by atoms with van der Waals surface area (Å²) in [6.07, 6.45) is 1.38. The van der Waals surface area contributed by atoms with Crippen molar-refractivity contribution in [3.05, 3.63) is 99.1 Å². The molecule has 3 rings (SSSR count). The van der Waals surface area contributed by atoms with Crippen LogP contribution in [0.2, 0.25) is 5.02 Å². The van der Waals surface area contributed by atoms with Crippen LogP contribution in [0.15, 0.2) is 77.9 Å². The molecule has 0 atom stereocenters. The number of nitro benzene ring substituents is 1. The van der Waals surface area contributed by atoms with Crippen molar-refractivity contribution in [1.82, 2.24) is 5.43 Å². The van der Waals surface area contributed by atoms with Gasteiger partial charge in [0, 0.05) is 17.2 Å². The lowest BCUT2D eigenvalue weighted by Gasteiger charge is -2.06. The van der Waals surface area contributed by atoms with Crippen molar-refractivity contribution in [1.29, 1.82) is 0 Å². The molecule has 0 bridgehead atoms. The van der Waals surface area contributed by atoms with Gasteiger partial charge in [-0.25, -0.2) is 10.2 Å². The minimum Gasteiger partial charge on any atom is -0.484 e. The first-order valence-electron chi connectivity index (χ1n) is 9.18. The lowest BCUT2D eigenvalue weighted by Crippen LogP contribution is -2.24. The highest BCUT2D eigenvalue weighted by Crippen LogP contribution is 2.18. The predicted octanol–water partition coefficient (Wildman–Crippen LogP) is 4.00. The second kappa shape index (κ2) is 10.7. The van der Waals surface area contributed by atoms with Crippen LogP contribution in [0.25, 0.3) is 0 Å². The number of hydrogen-bond donors (Lipinski definition) is 1. The van der Waals surface area contributed by atoms with Crippen LogP contribution in [0.3, 0.4) is 0 Å². The zero-order chi connectivity index (χ0) is 22.9. The second-order valence-electron chi connectivity index (χ2n) is 6.31. The number of nitro groups is 1. The molecule has 9 nitrogen and oxygen atoms in total. The maximum atomic E-state index is 12.2. The van der Waals surface area contributed by atoms with Gasteiger partial charge in [0.2, 0.25) is 0 Å². The summed E-state index contributed by atoms with van der Waals surface area (Å²) in [7, 11) is 0. The quantitative estimate of drug-likeness (QED) is 0.181. The summed E-state index contributed by atoms with van der Waals surface area (Å²) < 4.78 is 10.6. The smallest absolute Gasteiger partial charge is 0.343 e. The number of esters is 1. The number of carbonyl (C=O) groups excluding carboxylic acids is 2. The van der Waals surface area contributed by atoms with E-state index in [0.717, 1.165) is 0 Å². The highest BCUT2D eigenvalue weighted by molar-refractivity contribution is 6.30. The number of nitrogens with one attached hydrogen (secondary N) is 1. The van der Waals surface area contributed by atoms with Crippen LogP contribution in [0.5, 0.6) is 11.5 Å². The van der Waals surface area contributed by atoms with Crippen LogP contribution in [0, 0.1) is 10.1 Å². The monoisotopic (exact) mass is 453 g/mol. The Balaban J connectivity index is 1.52. The van der Waals surface area contributed by atoms with Crippen LogP contribution in [0.4, 0.5) is 5.69 Å². The molecule has 3 aromatic rings. The highest BCUT2D eigenvalue weighted by atomic mass is 35.5. The molecule has 0 saturated carbocycles. The third-order valence-electron chi connectivity index (χ3n) is 3.95. The summed E-state index contributed by atoms with van der Waals surface area (Å²) in [5, 5.41) is 15.0. The number of hydrogen-bond acceptors (Lipinski definition) is 7. The van der Waals surface area contributed by atoms with Crippen molar-refractivity contribution in [2.45, 2.75) is 0 Å². The van der Waals surface area contributed by atoms with Gasteiger partial charge in [-0.2, -0.15) is 5.10 Å². The molecule has 0 spiro atoms. The van der Waals surface area contributed by atoms with E-state index in [1.807, 2.05) is 0 Å². The largest absolute Gasteiger partial charge is 0.484 e. The molecule has 10 heteroatoms. The van der Waals surface area contributed by atoms with Gasteiger partial charge in [-0.3, -0.25) is 14.9 Å². The van der Waals surface area contributed by atoms with Crippen molar-refractivity contribution in [3.63, 3.8) is 0 Å². The lowest BCUT2D eigenvalue weighted by molar-refractivity contribution is -0.384. The van der Waals surface area contributed by atoms with Crippen molar-refractivity contribution in [2.75, 3.05) is 6.61 Å². The van der Waals surface area contributed by atoms with E-state index in [1.165, 1.54) is 30.5 Å². The minimum absolute atomic E-state index is 0.125. The molecular formula is C22H16ClN3O6. The van der Waals surface area contributed by atoms with Gasteiger partial charge < -0.3 is 9.47 Å². The van der Waals surface area contributed by atoms with Crippen LogP contribution >= 0.6 is 11.6 Å². The van der Waals surface area contributed by atoms with E-state index in [1.54, 1.807) is 48.5 Å². The van der Waals surface area contributed by atoms with Gasteiger partial charge in [0.05, 0.1) is 16.7 Å². The molecule has 0 saturated heterocycles.